The maximum atomic E-state index is 12.7. The molecule has 1 aromatic heterocycles. The molecule has 39 heavy (non-hydrogen) atoms. The lowest BCUT2D eigenvalue weighted by molar-refractivity contribution is -0.138. The van der Waals surface area contributed by atoms with E-state index in [9.17, 15) is 19.5 Å². The van der Waals surface area contributed by atoms with E-state index < -0.39 is 11.9 Å². The predicted octanol–water partition coefficient (Wildman–Crippen LogP) is 6.35. The quantitative estimate of drug-likeness (QED) is 0.113. The standard InChI is InChI=1S/C32H31NO6/c34-29(18-19-30(35)36)28-21-33(22-31(37)38)32-25(10-6-11-27(28)32)15-12-24-13-16-26(17-14-24)39-20-5-4-9-23-7-2-1-3-8-23/h1-3,6-8,10-17,21H,4-5,9,18-20,22H2,(H,35,36)(H,37,38)/b15-12+. The molecule has 2 N–H and O–H groups in total. The van der Waals surface area contributed by atoms with E-state index in [1.165, 1.54) is 16.3 Å². The lowest BCUT2D eigenvalue weighted by atomic mass is 10.0. The van der Waals surface area contributed by atoms with Crippen molar-refractivity contribution in [2.24, 2.45) is 0 Å². The number of fused-ring (bicyclic) bond motifs is 1. The van der Waals surface area contributed by atoms with Crippen LogP contribution < -0.4 is 4.74 Å². The first-order chi connectivity index (χ1) is 18.9. The van der Waals surface area contributed by atoms with E-state index >= 15 is 0 Å². The summed E-state index contributed by atoms with van der Waals surface area (Å²) in [6.45, 7) is 0.336. The van der Waals surface area contributed by atoms with Crippen molar-refractivity contribution in [3.63, 3.8) is 0 Å². The maximum Gasteiger partial charge on any atom is 0.323 e. The van der Waals surface area contributed by atoms with Crippen LogP contribution in [0.3, 0.4) is 0 Å². The van der Waals surface area contributed by atoms with E-state index in [1.54, 1.807) is 12.1 Å². The molecule has 0 unspecified atom stereocenters. The number of aromatic nitrogens is 1. The van der Waals surface area contributed by atoms with Gasteiger partial charge < -0.3 is 19.5 Å². The highest BCUT2D eigenvalue weighted by Gasteiger charge is 2.18. The van der Waals surface area contributed by atoms with E-state index in [4.69, 9.17) is 9.84 Å². The number of carboxylic acids is 2. The molecule has 0 fully saturated rings. The molecule has 7 nitrogen and oxygen atoms in total. The predicted molar refractivity (Wildman–Crippen MR) is 151 cm³/mol. The van der Waals surface area contributed by atoms with Crippen LogP contribution in [-0.2, 0) is 22.6 Å². The van der Waals surface area contributed by atoms with Gasteiger partial charge in [-0.3, -0.25) is 14.4 Å². The van der Waals surface area contributed by atoms with Gasteiger partial charge in [-0.1, -0.05) is 72.8 Å². The Labute approximate surface area is 227 Å². The van der Waals surface area contributed by atoms with Gasteiger partial charge in [0.15, 0.2) is 5.78 Å². The zero-order chi connectivity index (χ0) is 27.6. The molecule has 1 heterocycles. The first-order valence-corrected chi connectivity index (χ1v) is 12.9. The van der Waals surface area contributed by atoms with Crippen LogP contribution in [0.25, 0.3) is 23.1 Å². The summed E-state index contributed by atoms with van der Waals surface area (Å²) in [5.74, 6) is -1.62. The normalized spacial score (nSPS) is 11.2. The minimum absolute atomic E-state index is 0.150. The number of Topliss-reactive ketones (excluding diaryl/α,β-unsaturated/α-hetero) is 1. The van der Waals surface area contributed by atoms with Crippen LogP contribution in [0.2, 0.25) is 0 Å². The van der Waals surface area contributed by atoms with Gasteiger partial charge in [0.2, 0.25) is 0 Å². The molecule has 0 aliphatic heterocycles. The number of para-hydroxylation sites is 1. The summed E-state index contributed by atoms with van der Waals surface area (Å²) in [6, 6.07) is 23.6. The molecular weight excluding hydrogens is 494 g/mol. The smallest absolute Gasteiger partial charge is 0.323 e. The fraction of sp³-hybridized carbons (Fsp3) is 0.219. The number of carboxylic acid groups (broad SMARTS) is 2. The van der Waals surface area contributed by atoms with Crippen LogP contribution in [-0.4, -0.2) is 39.1 Å². The SMILES string of the molecule is O=C(O)CCC(=O)c1cn(CC(=O)O)c2c(/C=C/c3ccc(OCCCCc4ccccc4)cc3)cccc12. The van der Waals surface area contributed by atoms with Gasteiger partial charge in [0.05, 0.1) is 18.5 Å². The van der Waals surface area contributed by atoms with Crippen molar-refractivity contribution in [3.05, 3.63) is 101 Å². The first kappa shape index (κ1) is 27.4. The average molecular weight is 526 g/mol. The summed E-state index contributed by atoms with van der Waals surface area (Å²) in [5.41, 5.74) is 3.97. The van der Waals surface area contributed by atoms with Gasteiger partial charge in [0.25, 0.3) is 0 Å². The summed E-state index contributed by atoms with van der Waals surface area (Å²) in [5, 5.41) is 18.9. The highest BCUT2D eigenvalue weighted by Crippen LogP contribution is 2.28. The Hall–Kier alpha value is -4.65. The molecule has 0 amide bonds. The van der Waals surface area contributed by atoms with Crippen molar-refractivity contribution in [3.8, 4) is 5.75 Å². The second-order valence-corrected chi connectivity index (χ2v) is 9.32. The largest absolute Gasteiger partial charge is 0.494 e. The van der Waals surface area contributed by atoms with E-state index in [1.807, 2.05) is 48.6 Å². The number of carbonyl (C=O) groups is 3. The van der Waals surface area contributed by atoms with Gasteiger partial charge in [-0.05, 0) is 48.1 Å². The Kier molecular flexibility index (Phi) is 9.29. The highest BCUT2D eigenvalue weighted by atomic mass is 16.5. The molecule has 0 aliphatic carbocycles. The number of ether oxygens (including phenoxy) is 1. The van der Waals surface area contributed by atoms with Crippen LogP contribution in [0.1, 0.15) is 52.7 Å². The number of nitrogens with zero attached hydrogens (tertiary/aromatic N) is 1. The number of ketones is 1. The van der Waals surface area contributed by atoms with Crippen molar-refractivity contribution in [2.75, 3.05) is 6.61 Å². The summed E-state index contributed by atoms with van der Waals surface area (Å²) < 4.78 is 7.41. The topological polar surface area (TPSA) is 106 Å². The maximum absolute atomic E-state index is 12.7. The summed E-state index contributed by atoms with van der Waals surface area (Å²) in [4.78, 5) is 35.1. The van der Waals surface area contributed by atoms with Crippen molar-refractivity contribution in [2.45, 2.75) is 38.6 Å². The molecule has 0 spiro atoms. The zero-order valence-electron chi connectivity index (χ0n) is 21.6. The molecule has 4 rings (SSSR count). The molecule has 0 atom stereocenters. The molecule has 7 heteroatoms. The Bertz CT molecular complexity index is 1470. The first-order valence-electron chi connectivity index (χ1n) is 12.9. The highest BCUT2D eigenvalue weighted by molar-refractivity contribution is 6.10. The van der Waals surface area contributed by atoms with E-state index in [0.29, 0.717) is 23.1 Å². The number of carbonyl (C=O) groups excluding carboxylic acids is 1. The Morgan fingerprint density at radius 2 is 1.56 bits per heavy atom. The van der Waals surface area contributed by atoms with Crippen molar-refractivity contribution in [1.29, 1.82) is 0 Å². The van der Waals surface area contributed by atoms with Gasteiger partial charge in [0.1, 0.15) is 12.3 Å². The van der Waals surface area contributed by atoms with Crippen molar-refractivity contribution < 1.29 is 29.3 Å². The number of hydrogen-bond acceptors (Lipinski definition) is 4. The Morgan fingerprint density at radius 1 is 0.795 bits per heavy atom. The van der Waals surface area contributed by atoms with Crippen molar-refractivity contribution >= 4 is 40.8 Å². The van der Waals surface area contributed by atoms with E-state index in [-0.39, 0.29) is 25.2 Å². The molecule has 0 saturated carbocycles. The molecule has 0 bridgehead atoms. The molecule has 200 valence electrons. The number of aryl methyl sites for hydroxylation is 1. The lowest BCUT2D eigenvalue weighted by Crippen LogP contribution is -2.08. The van der Waals surface area contributed by atoms with Gasteiger partial charge in [-0.15, -0.1) is 0 Å². The monoisotopic (exact) mass is 525 g/mol. The number of unbranched alkanes of at least 4 members (excludes halogenated alkanes) is 1. The molecule has 4 aromatic rings. The third-order valence-electron chi connectivity index (χ3n) is 6.41. The second kappa shape index (κ2) is 13.2. The van der Waals surface area contributed by atoms with Gasteiger partial charge in [-0.2, -0.15) is 0 Å². The van der Waals surface area contributed by atoms with E-state index in [2.05, 4.69) is 24.3 Å². The number of rotatable bonds is 14. The van der Waals surface area contributed by atoms with Gasteiger partial charge in [-0.25, -0.2) is 0 Å². The minimum Gasteiger partial charge on any atom is -0.494 e. The van der Waals surface area contributed by atoms with Crippen LogP contribution in [0.4, 0.5) is 0 Å². The van der Waals surface area contributed by atoms with Crippen molar-refractivity contribution in [1.82, 2.24) is 4.57 Å². The molecular formula is C32H31NO6. The summed E-state index contributed by atoms with van der Waals surface area (Å²) in [7, 11) is 0. The fourth-order valence-electron chi connectivity index (χ4n) is 4.50. The lowest BCUT2D eigenvalue weighted by Gasteiger charge is -2.07. The third-order valence-corrected chi connectivity index (χ3v) is 6.41. The minimum atomic E-state index is -1.05. The summed E-state index contributed by atoms with van der Waals surface area (Å²) >= 11 is 0. The molecule has 0 saturated heterocycles. The van der Waals surface area contributed by atoms with Crippen LogP contribution in [0, 0.1) is 0 Å². The number of aliphatic carboxylic acids is 2. The molecule has 0 radical (unpaired) electrons. The van der Waals surface area contributed by atoms with Crippen LogP contribution in [0.15, 0.2) is 79.0 Å². The molecule has 3 aromatic carbocycles. The Balaban J connectivity index is 1.43. The third kappa shape index (κ3) is 7.68. The van der Waals surface area contributed by atoms with Crippen LogP contribution in [0.5, 0.6) is 5.75 Å². The summed E-state index contributed by atoms with van der Waals surface area (Å²) in [6.07, 6.45) is 7.94. The van der Waals surface area contributed by atoms with Gasteiger partial charge >= 0.3 is 11.9 Å². The van der Waals surface area contributed by atoms with E-state index in [0.717, 1.165) is 36.1 Å². The van der Waals surface area contributed by atoms with Gasteiger partial charge in [0, 0.05) is 23.6 Å². The average Bonchev–Trinajstić information content (AvgIpc) is 3.30. The van der Waals surface area contributed by atoms with Crippen LogP contribution >= 0.6 is 0 Å². The Morgan fingerprint density at radius 3 is 2.28 bits per heavy atom. The fourth-order valence-corrected chi connectivity index (χ4v) is 4.50. The number of benzene rings is 3. The zero-order valence-corrected chi connectivity index (χ0v) is 21.6. The molecule has 0 aliphatic rings. The second-order valence-electron chi connectivity index (χ2n) is 9.32. The number of hydrogen-bond donors (Lipinski definition) is 2.